The van der Waals surface area contributed by atoms with Gasteiger partial charge in [-0.25, -0.2) is 4.79 Å². The zero-order valence-electron chi connectivity index (χ0n) is 7.04. The van der Waals surface area contributed by atoms with Crippen LogP contribution in [0.25, 0.3) is 0 Å². The molecule has 0 spiro atoms. The Labute approximate surface area is 72.4 Å². The van der Waals surface area contributed by atoms with E-state index in [4.69, 9.17) is 4.52 Å². The van der Waals surface area contributed by atoms with E-state index in [-0.39, 0.29) is 12.8 Å². The number of ether oxygens (including phenoxy) is 1. The third kappa shape index (κ3) is 6.13. The van der Waals surface area contributed by atoms with Crippen LogP contribution < -0.4 is 0 Å². The zero-order chi connectivity index (χ0) is 9.40. The average Bonchev–Trinajstić information content (AvgIpc) is 2.04. The van der Waals surface area contributed by atoms with Gasteiger partial charge >= 0.3 is 5.97 Å². The van der Waals surface area contributed by atoms with E-state index in [9.17, 15) is 9.36 Å². The molecule has 0 aliphatic carbocycles. The first-order valence-electron chi connectivity index (χ1n) is 3.65. The fourth-order valence-electron chi connectivity index (χ4n) is 0.527. The van der Waals surface area contributed by atoms with Crippen molar-refractivity contribution in [1.29, 1.82) is 0 Å². The van der Waals surface area contributed by atoms with E-state index >= 15 is 0 Å². The molecule has 0 N–H and O–H groups in total. The van der Waals surface area contributed by atoms with E-state index in [1.54, 1.807) is 6.92 Å². The monoisotopic (exact) mass is 192 g/mol. The summed E-state index contributed by atoms with van der Waals surface area (Å²) in [6.07, 6.45) is 1.34. The largest absolute Gasteiger partial charge is 0.462 e. The van der Waals surface area contributed by atoms with Gasteiger partial charge in [-0.1, -0.05) is 6.58 Å². The molecule has 5 heteroatoms. The van der Waals surface area contributed by atoms with Crippen molar-refractivity contribution in [2.24, 2.45) is 0 Å². The van der Waals surface area contributed by atoms with Crippen molar-refractivity contribution in [2.75, 3.05) is 19.4 Å². The van der Waals surface area contributed by atoms with E-state index in [0.717, 1.165) is 6.08 Å². The molecule has 0 heterocycles. The zero-order valence-corrected chi connectivity index (χ0v) is 8.04. The average molecular weight is 192 g/mol. The summed E-state index contributed by atoms with van der Waals surface area (Å²) in [6, 6.07) is 0. The Hall–Kier alpha value is -0.600. The summed E-state index contributed by atoms with van der Waals surface area (Å²) in [5.41, 5.74) is 0. The van der Waals surface area contributed by atoms with Gasteiger partial charge in [0.2, 0.25) is 0 Å². The molecule has 0 fully saturated rings. The fourth-order valence-corrected chi connectivity index (χ4v) is 1.26. The van der Waals surface area contributed by atoms with Crippen molar-refractivity contribution >= 4 is 14.0 Å². The Bertz CT molecular complexity index is 178. The highest BCUT2D eigenvalue weighted by molar-refractivity contribution is 7.39. The SMILES string of the molecule is C=CC(=O)OCC[PH](=O)OCC. The van der Waals surface area contributed by atoms with Crippen LogP contribution in [-0.2, 0) is 18.6 Å². The minimum Gasteiger partial charge on any atom is -0.462 e. The van der Waals surface area contributed by atoms with Crippen LogP contribution in [0.4, 0.5) is 0 Å². The summed E-state index contributed by atoms with van der Waals surface area (Å²) in [6.45, 7) is 5.53. The first-order valence-corrected chi connectivity index (χ1v) is 5.18. The summed E-state index contributed by atoms with van der Waals surface area (Å²) in [5.74, 6) is -0.499. The Morgan fingerprint density at radius 1 is 1.67 bits per heavy atom. The lowest BCUT2D eigenvalue weighted by Gasteiger charge is -2.01. The van der Waals surface area contributed by atoms with Crippen molar-refractivity contribution in [3.8, 4) is 0 Å². The van der Waals surface area contributed by atoms with Crippen LogP contribution in [0.2, 0.25) is 0 Å². The normalized spacial score (nSPS) is 12.1. The van der Waals surface area contributed by atoms with E-state index < -0.39 is 14.0 Å². The van der Waals surface area contributed by atoms with E-state index in [2.05, 4.69) is 11.3 Å². The molecule has 0 aliphatic heterocycles. The summed E-state index contributed by atoms with van der Waals surface area (Å²) >= 11 is 0. The number of esters is 1. The molecule has 0 aromatic carbocycles. The maximum absolute atomic E-state index is 10.9. The van der Waals surface area contributed by atoms with Crippen LogP contribution in [0.5, 0.6) is 0 Å². The van der Waals surface area contributed by atoms with Gasteiger partial charge in [0.1, 0.15) is 6.61 Å². The van der Waals surface area contributed by atoms with Crippen LogP contribution >= 0.6 is 8.03 Å². The van der Waals surface area contributed by atoms with Crippen molar-refractivity contribution in [1.82, 2.24) is 0 Å². The Balaban J connectivity index is 3.36. The van der Waals surface area contributed by atoms with Gasteiger partial charge in [0.05, 0.1) is 12.8 Å². The molecule has 0 saturated carbocycles. The molecule has 1 unspecified atom stereocenters. The molecule has 0 amide bonds. The maximum Gasteiger partial charge on any atom is 0.330 e. The summed E-state index contributed by atoms with van der Waals surface area (Å²) < 4.78 is 20.2. The van der Waals surface area contributed by atoms with Gasteiger partial charge in [-0.15, -0.1) is 0 Å². The van der Waals surface area contributed by atoms with Crippen LogP contribution in [0, 0.1) is 0 Å². The van der Waals surface area contributed by atoms with E-state index in [1.165, 1.54) is 0 Å². The molecular formula is C7H13O4P. The molecule has 0 aromatic rings. The van der Waals surface area contributed by atoms with Crippen LogP contribution in [0.15, 0.2) is 12.7 Å². The quantitative estimate of drug-likeness (QED) is 0.361. The number of hydrogen-bond acceptors (Lipinski definition) is 4. The van der Waals surface area contributed by atoms with Crippen molar-refractivity contribution < 1.29 is 18.6 Å². The van der Waals surface area contributed by atoms with Gasteiger partial charge in [0.15, 0.2) is 8.03 Å². The van der Waals surface area contributed by atoms with Gasteiger partial charge in [0, 0.05) is 6.08 Å². The van der Waals surface area contributed by atoms with Gasteiger partial charge in [-0.05, 0) is 6.92 Å². The third-order valence-electron chi connectivity index (χ3n) is 1.02. The lowest BCUT2D eigenvalue weighted by molar-refractivity contribution is -0.137. The fraction of sp³-hybridized carbons (Fsp3) is 0.571. The van der Waals surface area contributed by atoms with Crippen molar-refractivity contribution in [3.05, 3.63) is 12.7 Å². The van der Waals surface area contributed by atoms with Crippen LogP contribution in [0.1, 0.15) is 6.92 Å². The lowest BCUT2D eigenvalue weighted by Crippen LogP contribution is -2.03. The second kappa shape index (κ2) is 7.07. The summed E-state index contributed by atoms with van der Waals surface area (Å²) in [5, 5.41) is 0. The molecule has 0 radical (unpaired) electrons. The van der Waals surface area contributed by atoms with E-state index in [1.807, 2.05) is 0 Å². The summed E-state index contributed by atoms with van der Waals surface area (Å²) in [7, 11) is -2.01. The number of carbonyl (C=O) groups is 1. The number of hydrogen-bond donors (Lipinski definition) is 0. The number of carbonyl (C=O) groups excluding carboxylic acids is 1. The first kappa shape index (κ1) is 11.4. The van der Waals surface area contributed by atoms with Crippen molar-refractivity contribution in [3.63, 3.8) is 0 Å². The minimum absolute atomic E-state index is 0.128. The smallest absolute Gasteiger partial charge is 0.330 e. The topological polar surface area (TPSA) is 52.6 Å². The molecule has 0 aromatic heterocycles. The Morgan fingerprint density at radius 3 is 2.83 bits per heavy atom. The molecule has 0 aliphatic rings. The van der Waals surface area contributed by atoms with Gasteiger partial charge in [-0.2, -0.15) is 0 Å². The molecule has 0 saturated heterocycles. The molecule has 70 valence electrons. The highest BCUT2D eigenvalue weighted by Gasteiger charge is 2.00. The third-order valence-corrected chi connectivity index (χ3v) is 2.25. The highest BCUT2D eigenvalue weighted by Crippen LogP contribution is 2.20. The molecule has 12 heavy (non-hydrogen) atoms. The minimum atomic E-state index is -2.01. The number of rotatable bonds is 6. The van der Waals surface area contributed by atoms with Crippen LogP contribution in [-0.4, -0.2) is 25.3 Å². The Morgan fingerprint density at radius 2 is 2.33 bits per heavy atom. The molecular weight excluding hydrogens is 179 g/mol. The lowest BCUT2D eigenvalue weighted by atomic mass is 10.6. The first-order chi connectivity index (χ1) is 5.70. The predicted molar refractivity (Wildman–Crippen MR) is 46.7 cm³/mol. The standard InChI is InChI=1S/C7H13O4P/c1-3-7(8)10-5-6-12(9)11-4-2/h3,12H,1,4-6H2,2H3. The van der Waals surface area contributed by atoms with E-state index in [0.29, 0.717) is 6.61 Å². The maximum atomic E-state index is 10.9. The predicted octanol–water partition coefficient (Wildman–Crippen LogP) is 1.23. The van der Waals surface area contributed by atoms with Gasteiger partial charge < -0.3 is 9.26 Å². The molecule has 1 atom stereocenters. The van der Waals surface area contributed by atoms with Gasteiger partial charge in [0.25, 0.3) is 0 Å². The molecule has 4 nitrogen and oxygen atoms in total. The summed E-state index contributed by atoms with van der Waals surface area (Å²) in [4.78, 5) is 10.5. The Kier molecular flexibility index (Phi) is 6.72. The van der Waals surface area contributed by atoms with Crippen LogP contribution in [0.3, 0.4) is 0 Å². The van der Waals surface area contributed by atoms with Crippen molar-refractivity contribution in [2.45, 2.75) is 6.92 Å². The highest BCUT2D eigenvalue weighted by atomic mass is 31.1. The second-order valence-corrected chi connectivity index (χ2v) is 3.46. The van der Waals surface area contributed by atoms with Gasteiger partial charge in [-0.3, -0.25) is 4.57 Å². The second-order valence-electron chi connectivity index (χ2n) is 1.93. The molecule has 0 bridgehead atoms. The molecule has 0 rings (SSSR count).